The molecule has 2 rings (SSSR count). The number of halogens is 2. The van der Waals surface area contributed by atoms with Gasteiger partial charge in [-0.3, -0.25) is 4.79 Å². The van der Waals surface area contributed by atoms with Crippen LogP contribution >= 0.6 is 23.2 Å². The maximum atomic E-state index is 12.3. The van der Waals surface area contributed by atoms with E-state index in [0.717, 1.165) is 49.2 Å². The second-order valence-electron chi connectivity index (χ2n) is 9.54. The van der Waals surface area contributed by atoms with Crippen LogP contribution < -0.4 is 14.8 Å². The van der Waals surface area contributed by atoms with Crippen molar-refractivity contribution in [1.82, 2.24) is 5.32 Å². The van der Waals surface area contributed by atoms with Crippen LogP contribution in [0, 0.1) is 0 Å². The minimum absolute atomic E-state index is 0.151. The minimum Gasteiger partial charge on any atom is -0.488 e. The number of unbranched alkanes of at least 4 members (excludes halogenated alkanes) is 1. The van der Waals surface area contributed by atoms with Gasteiger partial charge in [-0.2, -0.15) is 0 Å². The smallest absolute Gasteiger partial charge is 0.251 e. The van der Waals surface area contributed by atoms with Crippen LogP contribution in [-0.2, 0) is 6.42 Å². The summed E-state index contributed by atoms with van der Waals surface area (Å²) in [6.45, 7) is 13.2. The summed E-state index contributed by atoms with van der Waals surface area (Å²) in [7, 11) is 0. The molecule has 0 bridgehead atoms. The van der Waals surface area contributed by atoms with Crippen LogP contribution in [0.15, 0.2) is 36.4 Å². The van der Waals surface area contributed by atoms with Gasteiger partial charge in [0.1, 0.15) is 22.7 Å². The molecule has 4 nitrogen and oxygen atoms in total. The fourth-order valence-corrected chi connectivity index (χ4v) is 3.34. The Morgan fingerprint density at radius 1 is 0.879 bits per heavy atom. The zero-order valence-electron chi connectivity index (χ0n) is 20.7. The molecule has 0 aliphatic heterocycles. The van der Waals surface area contributed by atoms with Crippen molar-refractivity contribution < 1.29 is 14.3 Å². The van der Waals surface area contributed by atoms with E-state index >= 15 is 0 Å². The maximum absolute atomic E-state index is 12.3. The molecule has 2 aromatic carbocycles. The molecule has 0 saturated carbocycles. The SMILES string of the molecule is CCC(C)(C)Oc1ccc(CCCCNC(=O)c2ccc(Cl)c(Cl)c2)c(OC(C)(C)CC)c1. The highest BCUT2D eigenvalue weighted by atomic mass is 35.5. The fraction of sp³-hybridized carbons (Fsp3) is 0.519. The number of carbonyl (C=O) groups excluding carboxylic acids is 1. The van der Waals surface area contributed by atoms with Crippen LogP contribution in [0.25, 0.3) is 0 Å². The van der Waals surface area contributed by atoms with Gasteiger partial charge in [0.2, 0.25) is 0 Å². The van der Waals surface area contributed by atoms with Gasteiger partial charge in [0.25, 0.3) is 5.91 Å². The van der Waals surface area contributed by atoms with Crippen molar-refractivity contribution in [3.05, 3.63) is 57.6 Å². The minimum atomic E-state index is -0.262. The molecule has 0 heterocycles. The van der Waals surface area contributed by atoms with Crippen molar-refractivity contribution in [2.24, 2.45) is 0 Å². The van der Waals surface area contributed by atoms with E-state index in [1.54, 1.807) is 18.2 Å². The highest BCUT2D eigenvalue weighted by molar-refractivity contribution is 6.42. The van der Waals surface area contributed by atoms with Crippen LogP contribution in [0.5, 0.6) is 11.5 Å². The van der Waals surface area contributed by atoms with E-state index in [2.05, 4.69) is 52.9 Å². The molecule has 0 aromatic heterocycles. The maximum Gasteiger partial charge on any atom is 0.251 e. The summed E-state index contributed by atoms with van der Waals surface area (Å²) >= 11 is 11.9. The van der Waals surface area contributed by atoms with Gasteiger partial charge in [-0.15, -0.1) is 0 Å². The number of hydrogen-bond acceptors (Lipinski definition) is 3. The van der Waals surface area contributed by atoms with Crippen LogP contribution in [0.3, 0.4) is 0 Å². The van der Waals surface area contributed by atoms with Gasteiger partial charge in [0.15, 0.2) is 0 Å². The summed E-state index contributed by atoms with van der Waals surface area (Å²) in [5, 5.41) is 3.76. The Labute approximate surface area is 209 Å². The third kappa shape index (κ3) is 8.75. The molecule has 0 saturated heterocycles. The highest BCUT2D eigenvalue weighted by Crippen LogP contribution is 2.32. The first-order chi connectivity index (χ1) is 15.5. The summed E-state index contributed by atoms with van der Waals surface area (Å²) in [6, 6.07) is 11.0. The molecule has 2 aromatic rings. The number of aryl methyl sites for hydroxylation is 1. The molecular formula is C27H37Cl2NO3. The molecule has 33 heavy (non-hydrogen) atoms. The number of rotatable bonds is 12. The lowest BCUT2D eigenvalue weighted by molar-refractivity contribution is 0.0942. The normalized spacial score (nSPS) is 11.9. The molecule has 1 N–H and O–H groups in total. The average Bonchev–Trinajstić information content (AvgIpc) is 2.76. The molecule has 1 amide bonds. The van der Waals surface area contributed by atoms with E-state index in [1.807, 2.05) is 12.1 Å². The van der Waals surface area contributed by atoms with Crippen molar-refractivity contribution in [2.75, 3.05) is 6.54 Å². The standard InChI is InChI=1S/C27H37Cl2NO3/c1-7-26(3,4)32-21-14-12-19(24(18-21)33-27(5,6)8-2)11-9-10-16-30-25(31)20-13-15-22(28)23(29)17-20/h12-15,17-18H,7-11,16H2,1-6H3,(H,30,31). The molecule has 0 fully saturated rings. The van der Waals surface area contributed by atoms with Gasteiger partial charge < -0.3 is 14.8 Å². The predicted molar refractivity (Wildman–Crippen MR) is 138 cm³/mol. The Morgan fingerprint density at radius 3 is 2.18 bits per heavy atom. The van der Waals surface area contributed by atoms with E-state index in [-0.39, 0.29) is 17.1 Å². The molecule has 182 valence electrons. The van der Waals surface area contributed by atoms with Crippen LogP contribution in [-0.4, -0.2) is 23.7 Å². The summed E-state index contributed by atoms with van der Waals surface area (Å²) in [6.07, 6.45) is 4.45. The Morgan fingerprint density at radius 2 is 1.55 bits per heavy atom. The first-order valence-corrected chi connectivity index (χ1v) is 12.5. The topological polar surface area (TPSA) is 47.6 Å². The molecule has 0 aliphatic rings. The third-order valence-electron chi connectivity index (χ3n) is 5.86. The van der Waals surface area contributed by atoms with Crippen LogP contribution in [0.4, 0.5) is 0 Å². The Bertz CT molecular complexity index is 941. The second-order valence-corrected chi connectivity index (χ2v) is 10.4. The molecule has 0 unspecified atom stereocenters. The molecular weight excluding hydrogens is 457 g/mol. The van der Waals surface area contributed by atoms with Crippen molar-refractivity contribution in [1.29, 1.82) is 0 Å². The van der Waals surface area contributed by atoms with Crippen molar-refractivity contribution in [2.45, 2.75) is 84.8 Å². The van der Waals surface area contributed by atoms with E-state index in [1.165, 1.54) is 0 Å². The van der Waals surface area contributed by atoms with Crippen molar-refractivity contribution >= 4 is 29.1 Å². The predicted octanol–water partition coefficient (Wildman–Crippen LogP) is 7.88. The summed E-state index contributed by atoms with van der Waals surface area (Å²) in [5.74, 6) is 1.54. The first-order valence-electron chi connectivity index (χ1n) is 11.7. The van der Waals surface area contributed by atoms with Gasteiger partial charge in [-0.05, 0) is 89.6 Å². The highest BCUT2D eigenvalue weighted by Gasteiger charge is 2.21. The number of benzene rings is 2. The lowest BCUT2D eigenvalue weighted by Crippen LogP contribution is -2.28. The zero-order valence-corrected chi connectivity index (χ0v) is 22.2. The molecule has 0 atom stereocenters. The Kier molecular flexibility index (Phi) is 9.93. The van der Waals surface area contributed by atoms with Crippen molar-refractivity contribution in [3.63, 3.8) is 0 Å². The molecule has 0 radical (unpaired) electrons. The van der Waals surface area contributed by atoms with E-state index in [4.69, 9.17) is 32.7 Å². The van der Waals surface area contributed by atoms with E-state index < -0.39 is 0 Å². The van der Waals surface area contributed by atoms with Gasteiger partial charge in [0, 0.05) is 18.2 Å². The van der Waals surface area contributed by atoms with Crippen LogP contribution in [0.1, 0.15) is 83.1 Å². The largest absolute Gasteiger partial charge is 0.488 e. The number of carbonyl (C=O) groups is 1. The molecule has 0 spiro atoms. The second kappa shape index (κ2) is 12.0. The Balaban J connectivity index is 1.97. The van der Waals surface area contributed by atoms with Gasteiger partial charge in [-0.1, -0.05) is 43.1 Å². The fourth-order valence-electron chi connectivity index (χ4n) is 3.04. The van der Waals surface area contributed by atoms with E-state index in [9.17, 15) is 4.79 Å². The third-order valence-corrected chi connectivity index (χ3v) is 6.60. The molecule has 6 heteroatoms. The quantitative estimate of drug-likeness (QED) is 0.305. The Hall–Kier alpha value is -1.91. The van der Waals surface area contributed by atoms with Crippen molar-refractivity contribution in [3.8, 4) is 11.5 Å². The summed E-state index contributed by atoms with van der Waals surface area (Å²) in [5.41, 5.74) is 1.16. The number of hydrogen-bond donors (Lipinski definition) is 1. The monoisotopic (exact) mass is 493 g/mol. The average molecular weight is 495 g/mol. The lowest BCUT2D eigenvalue weighted by atomic mass is 10.0. The van der Waals surface area contributed by atoms with Crippen LogP contribution in [0.2, 0.25) is 10.0 Å². The first kappa shape index (κ1) is 27.3. The lowest BCUT2D eigenvalue weighted by Gasteiger charge is -2.29. The number of amides is 1. The molecule has 0 aliphatic carbocycles. The zero-order chi connectivity index (χ0) is 24.6. The summed E-state index contributed by atoms with van der Waals surface area (Å²) in [4.78, 5) is 12.3. The number of ether oxygens (including phenoxy) is 2. The van der Waals surface area contributed by atoms with Gasteiger partial charge in [-0.25, -0.2) is 0 Å². The summed E-state index contributed by atoms with van der Waals surface area (Å²) < 4.78 is 12.5. The van der Waals surface area contributed by atoms with Gasteiger partial charge >= 0.3 is 0 Å². The van der Waals surface area contributed by atoms with Gasteiger partial charge in [0.05, 0.1) is 10.0 Å². The number of nitrogens with one attached hydrogen (secondary N) is 1. The van der Waals surface area contributed by atoms with E-state index in [0.29, 0.717) is 22.2 Å².